The molecule has 126 valence electrons. The van der Waals surface area contributed by atoms with Gasteiger partial charge in [-0.15, -0.1) is 5.10 Å². The molecule has 3 heterocycles. The number of aryl methyl sites for hydroxylation is 1. The van der Waals surface area contributed by atoms with E-state index in [1.807, 2.05) is 25.1 Å². The van der Waals surface area contributed by atoms with E-state index in [9.17, 15) is 4.79 Å². The Hall–Kier alpha value is -2.34. The summed E-state index contributed by atoms with van der Waals surface area (Å²) in [6.07, 6.45) is 2.51. The van der Waals surface area contributed by atoms with Crippen molar-refractivity contribution >= 4 is 16.6 Å². The molecule has 1 aliphatic heterocycles. The fourth-order valence-corrected chi connectivity index (χ4v) is 3.53. The van der Waals surface area contributed by atoms with Crippen molar-refractivity contribution in [1.82, 2.24) is 19.1 Å². The Morgan fingerprint density at radius 2 is 1.96 bits per heavy atom. The molecule has 0 bridgehead atoms. The number of nitrogens with zero attached hydrogens (tertiary/aromatic N) is 4. The lowest BCUT2D eigenvalue weighted by atomic mass is 10.1. The van der Waals surface area contributed by atoms with Gasteiger partial charge in [-0.25, -0.2) is 13.9 Å². The van der Waals surface area contributed by atoms with Crippen LogP contribution >= 0.6 is 0 Å². The van der Waals surface area contributed by atoms with E-state index in [1.165, 1.54) is 12.8 Å². The van der Waals surface area contributed by atoms with Crippen molar-refractivity contribution in [2.45, 2.75) is 26.3 Å². The molecule has 0 aliphatic carbocycles. The van der Waals surface area contributed by atoms with Gasteiger partial charge in [0.2, 0.25) is 0 Å². The molecule has 0 spiro atoms. The third-order valence-electron chi connectivity index (χ3n) is 4.87. The van der Waals surface area contributed by atoms with Gasteiger partial charge < -0.3 is 9.64 Å². The first-order chi connectivity index (χ1) is 11.7. The second-order valence-electron chi connectivity index (χ2n) is 6.47. The van der Waals surface area contributed by atoms with Gasteiger partial charge >= 0.3 is 5.69 Å². The van der Waals surface area contributed by atoms with E-state index in [1.54, 1.807) is 16.2 Å². The van der Waals surface area contributed by atoms with Crippen molar-refractivity contribution in [1.29, 1.82) is 0 Å². The van der Waals surface area contributed by atoms with Gasteiger partial charge in [-0.2, -0.15) is 0 Å². The summed E-state index contributed by atoms with van der Waals surface area (Å²) >= 11 is 0. The van der Waals surface area contributed by atoms with Gasteiger partial charge in [0.1, 0.15) is 5.75 Å². The Bertz CT molecular complexity index is 951. The molecule has 0 atom stereocenters. The third-order valence-corrected chi connectivity index (χ3v) is 4.87. The lowest BCUT2D eigenvalue weighted by Gasteiger charge is -2.13. The van der Waals surface area contributed by atoms with Crippen LogP contribution in [0.5, 0.6) is 5.75 Å². The first-order valence-electron chi connectivity index (χ1n) is 8.46. The van der Waals surface area contributed by atoms with Gasteiger partial charge in [-0.05, 0) is 62.0 Å². The maximum atomic E-state index is 12.9. The summed E-state index contributed by atoms with van der Waals surface area (Å²) in [7, 11) is 1.63. The number of methoxy groups -OCH3 is 1. The minimum absolute atomic E-state index is 0.0776. The predicted molar refractivity (Wildman–Crippen MR) is 93.9 cm³/mol. The minimum Gasteiger partial charge on any atom is -0.497 e. The van der Waals surface area contributed by atoms with E-state index in [0.29, 0.717) is 6.54 Å². The summed E-state index contributed by atoms with van der Waals surface area (Å²) < 4.78 is 8.62. The number of likely N-dealkylation sites (tertiary alicyclic amines) is 1. The molecular formula is C18H22N4O2. The van der Waals surface area contributed by atoms with Crippen LogP contribution in [-0.2, 0) is 6.54 Å². The average Bonchev–Trinajstić information content (AvgIpc) is 3.21. The highest BCUT2D eigenvalue weighted by molar-refractivity contribution is 5.84. The Morgan fingerprint density at radius 1 is 1.17 bits per heavy atom. The topological polar surface area (TPSA) is 51.8 Å². The molecule has 0 unspecified atom stereocenters. The van der Waals surface area contributed by atoms with E-state index in [2.05, 4.69) is 16.1 Å². The number of pyridine rings is 1. The molecule has 1 fully saturated rings. The van der Waals surface area contributed by atoms with Crippen molar-refractivity contribution in [2.75, 3.05) is 26.7 Å². The zero-order chi connectivity index (χ0) is 16.7. The molecule has 0 radical (unpaired) electrons. The van der Waals surface area contributed by atoms with Crippen LogP contribution in [0, 0.1) is 6.92 Å². The fraction of sp³-hybridized carbons (Fsp3) is 0.444. The Morgan fingerprint density at radius 3 is 2.71 bits per heavy atom. The molecule has 1 saturated heterocycles. The van der Waals surface area contributed by atoms with Crippen molar-refractivity contribution in [2.24, 2.45) is 0 Å². The van der Waals surface area contributed by atoms with Crippen molar-refractivity contribution in [3.05, 3.63) is 40.3 Å². The lowest BCUT2D eigenvalue weighted by molar-refractivity contribution is 0.313. The predicted octanol–water partition coefficient (Wildman–Crippen LogP) is 2.06. The highest BCUT2D eigenvalue weighted by Gasteiger charge is 2.15. The second kappa shape index (κ2) is 5.94. The van der Waals surface area contributed by atoms with Gasteiger partial charge in [-0.3, -0.25) is 0 Å². The molecule has 6 heteroatoms. The molecule has 24 heavy (non-hydrogen) atoms. The molecule has 3 aromatic rings. The first-order valence-corrected chi connectivity index (χ1v) is 8.46. The molecule has 2 aromatic heterocycles. The van der Waals surface area contributed by atoms with Crippen LogP contribution in [0.4, 0.5) is 0 Å². The molecule has 1 aromatic carbocycles. The van der Waals surface area contributed by atoms with Crippen LogP contribution in [0.1, 0.15) is 18.4 Å². The van der Waals surface area contributed by atoms with Crippen molar-refractivity contribution in [3.63, 3.8) is 0 Å². The SMILES string of the molecule is COc1ccc2cc(C)c3nn(CCN4CCCC4)c(=O)n3c2c1. The Balaban J connectivity index is 1.82. The normalized spacial score (nSPS) is 15.6. The van der Waals surface area contributed by atoms with E-state index in [-0.39, 0.29) is 5.69 Å². The van der Waals surface area contributed by atoms with E-state index >= 15 is 0 Å². The molecule has 4 rings (SSSR count). The summed E-state index contributed by atoms with van der Waals surface area (Å²) in [5.74, 6) is 0.740. The van der Waals surface area contributed by atoms with E-state index in [0.717, 1.165) is 47.5 Å². The van der Waals surface area contributed by atoms with Crippen molar-refractivity contribution < 1.29 is 4.74 Å². The maximum Gasteiger partial charge on any atom is 0.350 e. The second-order valence-corrected chi connectivity index (χ2v) is 6.47. The quantitative estimate of drug-likeness (QED) is 0.736. The van der Waals surface area contributed by atoms with Gasteiger partial charge in [0.05, 0.1) is 19.2 Å². The van der Waals surface area contributed by atoms with Crippen LogP contribution in [0.25, 0.3) is 16.6 Å². The standard InChI is InChI=1S/C18H22N4O2/c1-13-11-14-5-6-15(24-2)12-16(14)22-17(13)19-21(18(22)23)10-9-20-7-3-4-8-20/h5-6,11-12H,3-4,7-10H2,1-2H3. The number of aromatic nitrogens is 3. The number of fused-ring (bicyclic) bond motifs is 3. The maximum absolute atomic E-state index is 12.9. The lowest BCUT2D eigenvalue weighted by Crippen LogP contribution is -2.29. The molecule has 6 nitrogen and oxygen atoms in total. The summed E-state index contributed by atoms with van der Waals surface area (Å²) in [5.41, 5.74) is 2.49. The summed E-state index contributed by atoms with van der Waals surface area (Å²) in [6, 6.07) is 7.86. The zero-order valence-electron chi connectivity index (χ0n) is 14.2. The van der Waals surface area contributed by atoms with Crippen LogP contribution in [0.15, 0.2) is 29.1 Å². The van der Waals surface area contributed by atoms with Crippen molar-refractivity contribution in [3.8, 4) is 5.75 Å². The molecule has 0 saturated carbocycles. The number of hydrogen-bond acceptors (Lipinski definition) is 4. The summed E-state index contributed by atoms with van der Waals surface area (Å²) in [5, 5.41) is 5.59. The van der Waals surface area contributed by atoms with Gasteiger partial charge in [0.25, 0.3) is 0 Å². The summed E-state index contributed by atoms with van der Waals surface area (Å²) in [4.78, 5) is 15.3. The van der Waals surface area contributed by atoms with Crippen LogP contribution in [-0.4, -0.2) is 45.8 Å². The van der Waals surface area contributed by atoms with Crippen LogP contribution < -0.4 is 10.4 Å². The van der Waals surface area contributed by atoms with Crippen LogP contribution in [0.3, 0.4) is 0 Å². The smallest absolute Gasteiger partial charge is 0.350 e. The Kier molecular flexibility index (Phi) is 3.76. The first kappa shape index (κ1) is 15.2. The van der Waals surface area contributed by atoms with Gasteiger partial charge in [-0.1, -0.05) is 0 Å². The van der Waals surface area contributed by atoms with Gasteiger partial charge in [0.15, 0.2) is 5.65 Å². The molecular weight excluding hydrogens is 304 g/mol. The number of benzene rings is 1. The van der Waals surface area contributed by atoms with E-state index in [4.69, 9.17) is 4.74 Å². The summed E-state index contributed by atoms with van der Waals surface area (Å²) in [6.45, 7) is 5.76. The zero-order valence-corrected chi connectivity index (χ0v) is 14.2. The van der Waals surface area contributed by atoms with Gasteiger partial charge in [0, 0.05) is 12.6 Å². The molecule has 1 aliphatic rings. The molecule has 0 N–H and O–H groups in total. The number of rotatable bonds is 4. The largest absolute Gasteiger partial charge is 0.497 e. The fourth-order valence-electron chi connectivity index (χ4n) is 3.53. The molecule has 0 amide bonds. The monoisotopic (exact) mass is 326 g/mol. The highest BCUT2D eigenvalue weighted by Crippen LogP contribution is 2.23. The minimum atomic E-state index is -0.0776. The number of hydrogen-bond donors (Lipinski definition) is 0. The van der Waals surface area contributed by atoms with Crippen LogP contribution in [0.2, 0.25) is 0 Å². The average molecular weight is 326 g/mol. The number of ether oxygens (including phenoxy) is 1. The Labute approximate surface area is 140 Å². The highest BCUT2D eigenvalue weighted by atomic mass is 16.5. The third kappa shape index (κ3) is 2.47. The van der Waals surface area contributed by atoms with E-state index < -0.39 is 0 Å².